The molecule has 0 saturated carbocycles. The molecule has 8 aromatic heterocycles. The van der Waals surface area contributed by atoms with Crippen LogP contribution in [0.4, 0.5) is 0 Å². The molecule has 0 amide bonds. The van der Waals surface area contributed by atoms with E-state index in [0.717, 1.165) is 21.5 Å². The van der Waals surface area contributed by atoms with E-state index in [1.165, 1.54) is 34.6 Å². The predicted octanol–water partition coefficient (Wildman–Crippen LogP) is 8.39. The van der Waals surface area contributed by atoms with E-state index in [1.807, 2.05) is 48.5 Å². The van der Waals surface area contributed by atoms with E-state index in [0.29, 0.717) is 22.6 Å². The SMILES string of the molecule is ClCCl.ClCCl.ClCCl.[Fe+2].[Mo+2].[Mo+2].[N-]=C=S.[N-]=C=S.[O-]c1ccc2cccnc2n1.[O-]c1ccc2cccnc2n1.[O-]c1ccc2cccnc2n1.[O-]c1ccc2cccnc2n1. The van der Waals surface area contributed by atoms with Gasteiger partial charge in [0.25, 0.3) is 0 Å². The van der Waals surface area contributed by atoms with Gasteiger partial charge in [-0.3, -0.25) is 0 Å². The van der Waals surface area contributed by atoms with Crippen LogP contribution in [0.15, 0.2) is 122 Å². The Morgan fingerprint density at radius 3 is 0.726 bits per heavy atom. The fourth-order valence-corrected chi connectivity index (χ4v) is 3.74. The molecular weight excluding hydrogens is 1170 g/mol. The van der Waals surface area contributed by atoms with Crippen LogP contribution >= 0.6 is 94.0 Å². The number of halogens is 6. The van der Waals surface area contributed by atoms with Crippen LogP contribution in [0.5, 0.6) is 23.5 Å². The van der Waals surface area contributed by atoms with Gasteiger partial charge in [0.1, 0.15) is 0 Å². The van der Waals surface area contributed by atoms with E-state index in [-0.39, 0.29) is 98.7 Å². The maximum atomic E-state index is 10.7. The van der Waals surface area contributed by atoms with Crippen LogP contribution in [0.2, 0.25) is 0 Å². The van der Waals surface area contributed by atoms with Crippen molar-refractivity contribution in [2.45, 2.75) is 0 Å². The van der Waals surface area contributed by atoms with E-state index in [1.54, 1.807) is 49.1 Å². The zero-order valence-electron chi connectivity index (χ0n) is 31.0. The van der Waals surface area contributed by atoms with Crippen LogP contribution < -0.4 is 20.4 Å². The van der Waals surface area contributed by atoms with Gasteiger partial charge in [-0.05, 0) is 72.1 Å². The Morgan fingerprint density at radius 1 is 0.403 bits per heavy atom. The summed E-state index contributed by atoms with van der Waals surface area (Å²) in [6.45, 7) is 0. The van der Waals surface area contributed by atoms with E-state index in [2.05, 4.69) is 64.3 Å². The maximum absolute atomic E-state index is 10.7. The van der Waals surface area contributed by atoms with Gasteiger partial charge in [-0.15, -0.1) is 69.6 Å². The van der Waals surface area contributed by atoms with Crippen LogP contribution in [0.1, 0.15) is 0 Å². The molecular formula is C37H26Cl6FeMo2N10O4S2. The molecule has 0 spiro atoms. The first-order valence-electron chi connectivity index (χ1n) is 15.5. The van der Waals surface area contributed by atoms with Gasteiger partial charge in [0.05, 0.1) is 16.0 Å². The Morgan fingerprint density at radius 2 is 0.565 bits per heavy atom. The Hall–Kier alpha value is -3.32. The zero-order valence-corrected chi connectivity index (χ0v) is 42.3. The third-order valence-electron chi connectivity index (χ3n) is 5.75. The largest absolute Gasteiger partial charge is 2.00 e. The molecule has 0 saturated heterocycles. The number of hydrogen-bond acceptors (Lipinski definition) is 14. The quantitative estimate of drug-likeness (QED) is 0.0600. The van der Waals surface area contributed by atoms with Crippen LogP contribution in [0.25, 0.3) is 55.0 Å². The van der Waals surface area contributed by atoms with Crippen LogP contribution in [-0.2, 0) is 59.2 Å². The predicted molar refractivity (Wildman–Crippen MR) is 238 cm³/mol. The molecule has 8 rings (SSSR count). The van der Waals surface area contributed by atoms with Gasteiger partial charge in [-0.25, -0.2) is 39.9 Å². The summed E-state index contributed by atoms with van der Waals surface area (Å²) in [5, 5.41) is 64.0. The summed E-state index contributed by atoms with van der Waals surface area (Å²) < 4.78 is 0. The minimum Gasteiger partial charge on any atom is -0.859 e. The summed E-state index contributed by atoms with van der Waals surface area (Å²) in [6.07, 6.45) is 6.48. The van der Waals surface area contributed by atoms with E-state index in [4.69, 9.17) is 80.4 Å². The van der Waals surface area contributed by atoms with Crippen molar-refractivity contribution in [1.82, 2.24) is 39.9 Å². The summed E-state index contributed by atoms with van der Waals surface area (Å²) >= 11 is 36.0. The number of isothiocyanates is 2. The number of thiocarbonyl (C=S) groups is 2. The number of hydrogen-bond donors (Lipinski definition) is 0. The molecule has 62 heavy (non-hydrogen) atoms. The first-order chi connectivity index (χ1) is 28.5. The van der Waals surface area contributed by atoms with Gasteiger partial charge in [0, 0.05) is 46.3 Å². The molecule has 0 aliphatic carbocycles. The molecule has 0 aliphatic heterocycles. The molecule has 0 N–H and O–H groups in total. The maximum Gasteiger partial charge on any atom is 2.00 e. The minimum atomic E-state index is -0.240. The number of rotatable bonds is 0. The Labute approximate surface area is 435 Å². The van der Waals surface area contributed by atoms with Crippen molar-refractivity contribution in [2.24, 2.45) is 0 Å². The normalized spacial score (nSPS) is 8.35. The van der Waals surface area contributed by atoms with Gasteiger partial charge in [-0.2, -0.15) is 10.3 Å². The molecule has 0 fully saturated rings. The van der Waals surface area contributed by atoms with Gasteiger partial charge < -0.3 is 31.2 Å². The minimum absolute atomic E-state index is 0. The molecule has 8 aromatic rings. The number of nitrogens with zero attached hydrogens (tertiary/aromatic N) is 10. The number of alkyl halides is 6. The fraction of sp³-hybridized carbons (Fsp3) is 0.0811. The van der Waals surface area contributed by atoms with Gasteiger partial charge in [0.2, 0.25) is 0 Å². The topological polar surface area (TPSA) is 240 Å². The fourth-order valence-electron chi connectivity index (χ4n) is 3.74. The average Bonchev–Trinajstić information content (AvgIpc) is 3.23. The summed E-state index contributed by atoms with van der Waals surface area (Å²) in [4.78, 5) is 30.6. The first kappa shape index (κ1) is 65.3. The van der Waals surface area contributed by atoms with Crippen molar-refractivity contribution in [3.8, 4) is 23.5 Å². The smallest absolute Gasteiger partial charge is 0.859 e. The van der Waals surface area contributed by atoms with Crippen molar-refractivity contribution < 1.29 is 79.6 Å². The summed E-state index contributed by atoms with van der Waals surface area (Å²) in [5.41, 5.74) is 2.06. The molecule has 14 nitrogen and oxygen atoms in total. The van der Waals surface area contributed by atoms with E-state index >= 15 is 0 Å². The first-order valence-corrected chi connectivity index (χ1v) is 19.5. The van der Waals surface area contributed by atoms with Crippen molar-refractivity contribution in [3.05, 3.63) is 133 Å². The molecule has 0 bridgehead atoms. The summed E-state index contributed by atoms with van der Waals surface area (Å²) in [6, 6.07) is 27.4. The molecule has 0 unspecified atom stereocenters. The number of fused-ring (bicyclic) bond motifs is 4. The second kappa shape index (κ2) is 43.0. The molecule has 8 heterocycles. The van der Waals surface area contributed by atoms with E-state index < -0.39 is 0 Å². The third kappa shape index (κ3) is 29.9. The molecule has 322 valence electrons. The standard InChI is InChI=1S/4C8H6N2O.3CH2Cl2.2CNS.Fe.2Mo/c4*11-7-4-3-6-2-1-5-9-8(6)10-7;5*2-1-3;;;/h4*1-5H,(H,9,10,11);3*1H2;;;;;/q;;;;;;;2*-1;3*+2/p-4. The second-order valence-corrected chi connectivity index (χ2v) is 12.1. The van der Waals surface area contributed by atoms with E-state index in [9.17, 15) is 20.4 Å². The molecule has 0 aromatic carbocycles. The monoisotopic (exact) mass is 1200 g/mol. The molecule has 0 radical (unpaired) electrons. The Balaban J connectivity index is -0.000000322. The Kier molecular flexibility index (Phi) is 45.2. The Bertz CT molecular complexity index is 2150. The molecule has 0 aliphatic rings. The van der Waals surface area contributed by atoms with Crippen molar-refractivity contribution in [1.29, 1.82) is 0 Å². The molecule has 0 atom stereocenters. The van der Waals surface area contributed by atoms with Crippen LogP contribution in [-0.4, -0.2) is 66.2 Å². The number of pyridine rings is 8. The number of aromatic nitrogens is 8. The van der Waals surface area contributed by atoms with Crippen molar-refractivity contribution in [2.75, 3.05) is 16.0 Å². The van der Waals surface area contributed by atoms with Crippen molar-refractivity contribution in [3.63, 3.8) is 0 Å². The van der Waals surface area contributed by atoms with Crippen LogP contribution in [0.3, 0.4) is 0 Å². The third-order valence-corrected chi connectivity index (χ3v) is 5.75. The van der Waals surface area contributed by atoms with Gasteiger partial charge in [-0.1, -0.05) is 73.0 Å². The van der Waals surface area contributed by atoms with Gasteiger partial charge in [0.15, 0.2) is 22.6 Å². The zero-order chi connectivity index (χ0) is 44.3. The summed E-state index contributed by atoms with van der Waals surface area (Å²) in [7, 11) is 0. The molecule has 25 heteroatoms. The average molecular weight is 1200 g/mol. The second-order valence-electron chi connectivity index (χ2n) is 9.28. The summed E-state index contributed by atoms with van der Waals surface area (Å²) in [5.74, 6) is -0.959. The van der Waals surface area contributed by atoms with Crippen molar-refractivity contribution >= 4 is 148 Å². The van der Waals surface area contributed by atoms with Crippen LogP contribution in [0, 0.1) is 0 Å². The van der Waals surface area contributed by atoms with Gasteiger partial charge >= 0.3 is 59.2 Å².